The summed E-state index contributed by atoms with van der Waals surface area (Å²) in [6.45, 7) is 5.23. The highest BCUT2D eigenvalue weighted by Crippen LogP contribution is 2.44. The van der Waals surface area contributed by atoms with Gasteiger partial charge in [-0.2, -0.15) is 5.26 Å². The lowest BCUT2D eigenvalue weighted by atomic mass is 9.75. The summed E-state index contributed by atoms with van der Waals surface area (Å²) in [6.07, 6.45) is 0. The lowest BCUT2D eigenvalue weighted by Crippen LogP contribution is -2.41. The molecule has 0 fully saturated rings. The Morgan fingerprint density at radius 3 is 2.95 bits per heavy atom. The number of aryl methyl sites for hydroxylation is 1. The lowest BCUT2D eigenvalue weighted by Gasteiger charge is -2.30. The predicted octanol–water partition coefficient (Wildman–Crippen LogP) is 0.625. The third-order valence-electron chi connectivity index (χ3n) is 3.16. The van der Waals surface area contributed by atoms with Crippen molar-refractivity contribution in [3.8, 4) is 11.9 Å². The predicted molar refractivity (Wildman–Crippen MR) is 64.8 cm³/mol. The van der Waals surface area contributed by atoms with Gasteiger partial charge >= 0.3 is 5.97 Å². The minimum absolute atomic E-state index is 0.0305. The molecule has 2 heterocycles. The smallest absolute Gasteiger partial charge is 0.322 e. The van der Waals surface area contributed by atoms with Crippen LogP contribution in [0.5, 0.6) is 5.88 Å². The van der Waals surface area contributed by atoms with Gasteiger partial charge in [0.05, 0.1) is 12.2 Å². The number of nitrogens with one attached hydrogen (secondary N) is 1. The summed E-state index contributed by atoms with van der Waals surface area (Å²) in [5.74, 6) is -0.481. The van der Waals surface area contributed by atoms with Crippen LogP contribution in [0.15, 0.2) is 11.5 Å². The van der Waals surface area contributed by atoms with Crippen molar-refractivity contribution in [2.75, 3.05) is 6.61 Å². The molecule has 0 bridgehead atoms. The number of carbonyl (C=O) groups is 1. The van der Waals surface area contributed by atoms with Crippen molar-refractivity contribution in [1.29, 1.82) is 5.26 Å². The van der Waals surface area contributed by atoms with Crippen molar-refractivity contribution >= 4 is 5.97 Å². The van der Waals surface area contributed by atoms with Crippen LogP contribution in [0, 0.1) is 18.3 Å². The Kier molecular flexibility index (Phi) is 2.94. The summed E-state index contributed by atoms with van der Waals surface area (Å²) < 4.78 is 10.3. The lowest BCUT2D eigenvalue weighted by molar-refractivity contribution is -0.148. The van der Waals surface area contributed by atoms with E-state index < -0.39 is 11.4 Å². The third-order valence-corrected chi connectivity index (χ3v) is 3.16. The quantitative estimate of drug-likeness (QED) is 0.755. The Morgan fingerprint density at radius 2 is 2.37 bits per heavy atom. The van der Waals surface area contributed by atoms with Crippen LogP contribution in [0.1, 0.15) is 25.1 Å². The average molecular weight is 262 g/mol. The molecule has 1 aromatic rings. The van der Waals surface area contributed by atoms with Crippen LogP contribution in [0.2, 0.25) is 0 Å². The van der Waals surface area contributed by atoms with E-state index in [1.54, 1.807) is 20.8 Å². The first kappa shape index (κ1) is 13.0. The van der Waals surface area contributed by atoms with E-state index in [4.69, 9.17) is 15.2 Å². The fourth-order valence-electron chi connectivity index (χ4n) is 2.24. The van der Waals surface area contributed by atoms with Crippen molar-refractivity contribution in [3.63, 3.8) is 0 Å². The van der Waals surface area contributed by atoms with Crippen LogP contribution >= 0.6 is 0 Å². The van der Waals surface area contributed by atoms with Crippen LogP contribution in [-0.2, 0) is 14.9 Å². The van der Waals surface area contributed by atoms with Gasteiger partial charge < -0.3 is 15.2 Å². The van der Waals surface area contributed by atoms with Gasteiger partial charge in [-0.05, 0) is 20.8 Å². The van der Waals surface area contributed by atoms with E-state index in [0.29, 0.717) is 11.3 Å². The topological polar surface area (TPSA) is 114 Å². The Hall–Kier alpha value is -2.49. The number of esters is 1. The van der Waals surface area contributed by atoms with E-state index in [1.807, 2.05) is 6.07 Å². The number of carbonyl (C=O) groups excluding carboxylic acids is 1. The molecule has 19 heavy (non-hydrogen) atoms. The van der Waals surface area contributed by atoms with Gasteiger partial charge in [-0.1, -0.05) is 0 Å². The fraction of sp³-hybridized carbons (Fsp3) is 0.417. The van der Waals surface area contributed by atoms with Gasteiger partial charge in [-0.15, -0.1) is 5.10 Å². The van der Waals surface area contributed by atoms with Crippen molar-refractivity contribution < 1.29 is 14.3 Å². The maximum Gasteiger partial charge on any atom is 0.322 e. The molecule has 0 saturated carbocycles. The highest BCUT2D eigenvalue weighted by molar-refractivity contribution is 5.90. The summed E-state index contributed by atoms with van der Waals surface area (Å²) in [5, 5.41) is 15.9. The van der Waals surface area contributed by atoms with E-state index in [1.165, 1.54) is 0 Å². The van der Waals surface area contributed by atoms with Crippen LogP contribution in [0.25, 0.3) is 0 Å². The first-order valence-corrected chi connectivity index (χ1v) is 5.77. The maximum atomic E-state index is 12.3. The van der Waals surface area contributed by atoms with Crippen LogP contribution in [0.3, 0.4) is 0 Å². The summed E-state index contributed by atoms with van der Waals surface area (Å²) in [5.41, 5.74) is 5.53. The van der Waals surface area contributed by atoms with Crippen molar-refractivity contribution in [2.45, 2.75) is 26.2 Å². The van der Waals surface area contributed by atoms with Crippen molar-refractivity contribution in [2.24, 2.45) is 5.73 Å². The van der Waals surface area contributed by atoms with Gasteiger partial charge in [0.15, 0.2) is 0 Å². The average Bonchev–Trinajstić information content (AvgIpc) is 2.71. The normalized spacial score (nSPS) is 21.4. The van der Waals surface area contributed by atoms with Gasteiger partial charge in [-0.3, -0.25) is 9.89 Å². The van der Waals surface area contributed by atoms with Crippen molar-refractivity contribution in [1.82, 2.24) is 10.2 Å². The molecule has 100 valence electrons. The van der Waals surface area contributed by atoms with Crippen LogP contribution in [-0.4, -0.2) is 22.8 Å². The number of aromatic amines is 1. The zero-order valence-corrected chi connectivity index (χ0v) is 10.9. The number of fused-ring (bicyclic) bond motifs is 1. The van der Waals surface area contributed by atoms with E-state index >= 15 is 0 Å². The first-order valence-electron chi connectivity index (χ1n) is 5.77. The molecule has 0 spiro atoms. The van der Waals surface area contributed by atoms with Gasteiger partial charge in [-0.25, -0.2) is 0 Å². The molecule has 1 aliphatic heterocycles. The summed E-state index contributed by atoms with van der Waals surface area (Å²) in [6, 6.07) is 1.93. The number of nitriles is 1. The zero-order chi connectivity index (χ0) is 14.2. The molecular formula is C12H14N4O3. The molecule has 2 rings (SSSR count). The molecule has 0 aliphatic carbocycles. The van der Waals surface area contributed by atoms with Crippen LogP contribution in [0.4, 0.5) is 0 Å². The first-order chi connectivity index (χ1) is 8.96. The van der Waals surface area contributed by atoms with Gasteiger partial charge in [0, 0.05) is 5.69 Å². The minimum Gasteiger partial charge on any atom is -0.465 e. The van der Waals surface area contributed by atoms with Gasteiger partial charge in [0.2, 0.25) is 11.8 Å². The molecule has 1 aromatic heterocycles. The molecule has 7 heteroatoms. The number of hydrogen-bond donors (Lipinski definition) is 2. The molecule has 0 unspecified atom stereocenters. The van der Waals surface area contributed by atoms with Gasteiger partial charge in [0.1, 0.15) is 17.1 Å². The Morgan fingerprint density at radius 1 is 1.68 bits per heavy atom. The molecule has 0 aromatic carbocycles. The number of rotatable bonds is 2. The van der Waals surface area contributed by atoms with Crippen LogP contribution < -0.4 is 10.5 Å². The third kappa shape index (κ3) is 1.64. The SMILES string of the molecule is CCOC(=O)[C@]1(C)C(C#N)=C(N)Oc2n[nH]c(C)c21. The summed E-state index contributed by atoms with van der Waals surface area (Å²) in [7, 11) is 0. The molecule has 3 N–H and O–H groups in total. The van der Waals surface area contributed by atoms with Crippen molar-refractivity contribution in [3.05, 3.63) is 22.7 Å². The second kappa shape index (κ2) is 4.31. The highest BCUT2D eigenvalue weighted by atomic mass is 16.5. The van der Waals surface area contributed by atoms with E-state index in [9.17, 15) is 10.1 Å². The highest BCUT2D eigenvalue weighted by Gasteiger charge is 2.50. The molecular weight excluding hydrogens is 248 g/mol. The molecule has 0 amide bonds. The maximum absolute atomic E-state index is 12.3. The largest absolute Gasteiger partial charge is 0.465 e. The molecule has 0 saturated heterocycles. The second-order valence-electron chi connectivity index (χ2n) is 4.33. The summed E-state index contributed by atoms with van der Waals surface area (Å²) >= 11 is 0. The zero-order valence-electron chi connectivity index (χ0n) is 10.9. The number of aromatic nitrogens is 2. The minimum atomic E-state index is -1.31. The Balaban J connectivity index is 2.69. The Labute approximate surface area is 110 Å². The molecule has 1 atom stereocenters. The van der Waals surface area contributed by atoms with Gasteiger partial charge in [0.25, 0.3) is 0 Å². The monoisotopic (exact) mass is 262 g/mol. The molecule has 1 aliphatic rings. The number of hydrogen-bond acceptors (Lipinski definition) is 6. The number of H-pyrrole nitrogens is 1. The van der Waals surface area contributed by atoms with E-state index in [0.717, 1.165) is 0 Å². The summed E-state index contributed by atoms with van der Waals surface area (Å²) in [4.78, 5) is 12.3. The molecule has 0 radical (unpaired) electrons. The van der Waals surface area contributed by atoms with E-state index in [2.05, 4.69) is 10.2 Å². The number of ether oxygens (including phenoxy) is 2. The second-order valence-corrected chi connectivity index (χ2v) is 4.33. The van der Waals surface area contributed by atoms with E-state index in [-0.39, 0.29) is 23.9 Å². The standard InChI is InChI=1S/C12H14N4O3/c1-4-18-11(17)12(3)7(5-13)9(14)19-10-8(12)6(2)15-16-10/h4,14H2,1-3H3,(H,15,16)/t12-/m1/s1. The Bertz CT molecular complexity index is 611. The molecule has 7 nitrogen and oxygen atoms in total. The number of nitrogens with two attached hydrogens (primary N) is 1. The fourth-order valence-corrected chi connectivity index (χ4v) is 2.24. The number of nitrogens with zero attached hydrogens (tertiary/aromatic N) is 2.